The predicted octanol–water partition coefficient (Wildman–Crippen LogP) is 2.86. The number of piperidine rings is 1. The summed E-state index contributed by atoms with van der Waals surface area (Å²) < 4.78 is 10.1. The second-order valence-electron chi connectivity index (χ2n) is 6.27. The van der Waals surface area contributed by atoms with Gasteiger partial charge in [-0.15, -0.1) is 0 Å². The van der Waals surface area contributed by atoms with E-state index in [0.717, 1.165) is 24.4 Å². The number of rotatable bonds is 5. The number of nitrogens with zero attached hydrogens (tertiary/aromatic N) is 4. The van der Waals surface area contributed by atoms with Gasteiger partial charge >= 0.3 is 6.09 Å². The van der Waals surface area contributed by atoms with Crippen LogP contribution >= 0.6 is 0 Å². The van der Waals surface area contributed by atoms with E-state index in [9.17, 15) is 4.79 Å². The maximum Gasteiger partial charge on any atom is 0.409 e. The molecule has 0 spiro atoms. The monoisotopic (exact) mass is 360 g/mol. The Morgan fingerprint density at radius 2 is 2.04 bits per heavy atom. The number of ether oxygens (including phenoxy) is 1. The summed E-state index contributed by atoms with van der Waals surface area (Å²) in [6, 6.07) is 3.93. The summed E-state index contributed by atoms with van der Waals surface area (Å²) in [5, 5.41) is 10.4. The van der Waals surface area contributed by atoms with Crippen molar-refractivity contribution in [1.29, 1.82) is 0 Å². The van der Waals surface area contributed by atoms with E-state index in [-0.39, 0.29) is 12.1 Å². The topological polar surface area (TPSA) is 105 Å². The fourth-order valence-corrected chi connectivity index (χ4v) is 2.87. The van der Waals surface area contributed by atoms with Crippen LogP contribution in [0.5, 0.6) is 0 Å². The van der Waals surface area contributed by atoms with Gasteiger partial charge in [-0.1, -0.05) is 5.16 Å². The largest absolute Gasteiger partial charge is 0.450 e. The third-order valence-corrected chi connectivity index (χ3v) is 4.10. The van der Waals surface area contributed by atoms with E-state index in [1.165, 1.54) is 0 Å². The minimum absolute atomic E-state index is 0.238. The van der Waals surface area contributed by atoms with Crippen molar-refractivity contribution in [3.8, 4) is 0 Å². The molecule has 3 heterocycles. The molecule has 0 unspecified atom stereocenters. The van der Waals surface area contributed by atoms with Gasteiger partial charge in [0.15, 0.2) is 5.82 Å². The minimum Gasteiger partial charge on any atom is -0.450 e. The van der Waals surface area contributed by atoms with E-state index in [1.54, 1.807) is 11.0 Å². The molecule has 2 aromatic rings. The number of hydrogen-bond donors (Lipinski definition) is 2. The first kappa shape index (κ1) is 18.0. The van der Waals surface area contributed by atoms with Crippen LogP contribution in [0.25, 0.3) is 0 Å². The van der Waals surface area contributed by atoms with Gasteiger partial charge in [0.1, 0.15) is 11.6 Å². The molecule has 0 aliphatic carbocycles. The molecule has 0 aromatic carbocycles. The standard InChI is InChI=1S/C17H24N6O3/c1-4-25-17(24)23-7-5-13(6-8-23)19-14-9-11(2)18-16(20-14)21-15-10-12(3)26-22-15/h9-10,13H,4-8H2,1-3H3,(H2,18,19,20,21,22). The Kier molecular flexibility index (Phi) is 5.55. The van der Waals surface area contributed by atoms with Gasteiger partial charge in [-0.25, -0.2) is 9.78 Å². The van der Waals surface area contributed by atoms with Crippen LogP contribution in [-0.4, -0.2) is 51.9 Å². The van der Waals surface area contributed by atoms with Crippen LogP contribution in [0.1, 0.15) is 31.2 Å². The van der Waals surface area contributed by atoms with Crippen molar-refractivity contribution in [1.82, 2.24) is 20.0 Å². The molecule has 1 aliphatic rings. The highest BCUT2D eigenvalue weighted by Crippen LogP contribution is 2.19. The molecule has 1 saturated heterocycles. The highest BCUT2D eigenvalue weighted by Gasteiger charge is 2.23. The molecule has 1 aliphatic heterocycles. The number of aromatic nitrogens is 3. The minimum atomic E-state index is -0.238. The average molecular weight is 360 g/mol. The van der Waals surface area contributed by atoms with E-state index in [1.807, 2.05) is 26.8 Å². The number of hydrogen-bond acceptors (Lipinski definition) is 8. The number of anilines is 3. The van der Waals surface area contributed by atoms with Crippen molar-refractivity contribution in [2.24, 2.45) is 0 Å². The summed E-state index contributed by atoms with van der Waals surface area (Å²) >= 11 is 0. The molecule has 0 saturated carbocycles. The van der Waals surface area contributed by atoms with E-state index < -0.39 is 0 Å². The molecular weight excluding hydrogens is 336 g/mol. The van der Waals surface area contributed by atoms with Gasteiger partial charge in [-0.2, -0.15) is 4.98 Å². The molecule has 9 nitrogen and oxygen atoms in total. The number of carbonyl (C=O) groups is 1. The van der Waals surface area contributed by atoms with Crippen LogP contribution in [0.4, 0.5) is 22.4 Å². The molecule has 1 fully saturated rings. The molecule has 0 atom stereocenters. The van der Waals surface area contributed by atoms with Crippen molar-refractivity contribution in [2.75, 3.05) is 30.3 Å². The van der Waals surface area contributed by atoms with Crippen molar-refractivity contribution < 1.29 is 14.1 Å². The van der Waals surface area contributed by atoms with Crippen molar-refractivity contribution in [3.05, 3.63) is 23.6 Å². The number of amides is 1. The molecule has 2 N–H and O–H groups in total. The zero-order chi connectivity index (χ0) is 18.5. The Bertz CT molecular complexity index is 755. The average Bonchev–Trinajstić information content (AvgIpc) is 3.00. The highest BCUT2D eigenvalue weighted by atomic mass is 16.6. The van der Waals surface area contributed by atoms with E-state index >= 15 is 0 Å². The molecule has 3 rings (SSSR count). The van der Waals surface area contributed by atoms with Crippen LogP contribution in [0.2, 0.25) is 0 Å². The van der Waals surface area contributed by atoms with Gasteiger partial charge in [-0.05, 0) is 33.6 Å². The first-order chi connectivity index (χ1) is 12.5. The van der Waals surface area contributed by atoms with Gasteiger partial charge in [0, 0.05) is 37.0 Å². The van der Waals surface area contributed by atoms with E-state index in [2.05, 4.69) is 25.8 Å². The zero-order valence-electron chi connectivity index (χ0n) is 15.3. The maximum atomic E-state index is 11.8. The Balaban J connectivity index is 1.59. The third-order valence-electron chi connectivity index (χ3n) is 4.10. The van der Waals surface area contributed by atoms with Crippen molar-refractivity contribution in [2.45, 2.75) is 39.7 Å². The maximum absolute atomic E-state index is 11.8. The SMILES string of the molecule is CCOC(=O)N1CCC(Nc2cc(C)nc(Nc3cc(C)on3)n2)CC1. The molecule has 2 aromatic heterocycles. The Morgan fingerprint density at radius 3 is 2.69 bits per heavy atom. The Labute approximate surface area is 152 Å². The predicted molar refractivity (Wildman–Crippen MR) is 96.5 cm³/mol. The van der Waals surface area contributed by atoms with Gasteiger partial charge in [0.2, 0.25) is 5.95 Å². The van der Waals surface area contributed by atoms with Crippen LogP contribution < -0.4 is 10.6 Å². The van der Waals surface area contributed by atoms with Gasteiger partial charge < -0.3 is 24.8 Å². The van der Waals surface area contributed by atoms with Gasteiger partial charge in [0.05, 0.1) is 6.61 Å². The number of carbonyl (C=O) groups excluding carboxylic acids is 1. The Morgan fingerprint density at radius 1 is 1.27 bits per heavy atom. The quantitative estimate of drug-likeness (QED) is 0.838. The summed E-state index contributed by atoms with van der Waals surface area (Å²) in [6.07, 6.45) is 1.44. The van der Waals surface area contributed by atoms with E-state index in [4.69, 9.17) is 9.26 Å². The number of aryl methyl sites for hydroxylation is 2. The molecule has 9 heteroatoms. The zero-order valence-corrected chi connectivity index (χ0v) is 15.3. The molecule has 1 amide bonds. The lowest BCUT2D eigenvalue weighted by Gasteiger charge is -2.31. The van der Waals surface area contributed by atoms with Crippen LogP contribution in [0.15, 0.2) is 16.7 Å². The number of likely N-dealkylation sites (tertiary alicyclic amines) is 1. The lowest BCUT2D eigenvalue weighted by atomic mass is 10.1. The summed E-state index contributed by atoms with van der Waals surface area (Å²) in [4.78, 5) is 22.4. The van der Waals surface area contributed by atoms with Crippen LogP contribution in [-0.2, 0) is 4.74 Å². The van der Waals surface area contributed by atoms with Crippen molar-refractivity contribution in [3.63, 3.8) is 0 Å². The van der Waals surface area contributed by atoms with Crippen LogP contribution in [0.3, 0.4) is 0 Å². The summed E-state index contributed by atoms with van der Waals surface area (Å²) in [7, 11) is 0. The molecule has 26 heavy (non-hydrogen) atoms. The van der Waals surface area contributed by atoms with Gasteiger partial charge in [-0.3, -0.25) is 0 Å². The molecule has 140 valence electrons. The van der Waals surface area contributed by atoms with Gasteiger partial charge in [0.25, 0.3) is 0 Å². The molecule has 0 radical (unpaired) electrons. The third kappa shape index (κ3) is 4.62. The molecule has 0 bridgehead atoms. The first-order valence-electron chi connectivity index (χ1n) is 8.77. The summed E-state index contributed by atoms with van der Waals surface area (Å²) in [5.41, 5.74) is 0.842. The van der Waals surface area contributed by atoms with E-state index in [0.29, 0.717) is 37.2 Å². The first-order valence-corrected chi connectivity index (χ1v) is 8.77. The smallest absolute Gasteiger partial charge is 0.409 e. The molecular formula is C17H24N6O3. The van der Waals surface area contributed by atoms with Crippen molar-refractivity contribution >= 4 is 23.7 Å². The van der Waals surface area contributed by atoms with Crippen LogP contribution in [0, 0.1) is 13.8 Å². The summed E-state index contributed by atoms with van der Waals surface area (Å²) in [6.45, 7) is 7.29. The second kappa shape index (κ2) is 8.03. The summed E-state index contributed by atoms with van der Waals surface area (Å²) in [5.74, 6) is 2.49. The highest BCUT2D eigenvalue weighted by molar-refractivity contribution is 5.67. The lowest BCUT2D eigenvalue weighted by Crippen LogP contribution is -2.42. The Hall–Kier alpha value is -2.84. The second-order valence-corrected chi connectivity index (χ2v) is 6.27. The normalized spacial score (nSPS) is 15.0. The lowest BCUT2D eigenvalue weighted by molar-refractivity contribution is 0.0983. The fourth-order valence-electron chi connectivity index (χ4n) is 2.87. The number of nitrogens with one attached hydrogen (secondary N) is 2. The fraction of sp³-hybridized carbons (Fsp3) is 0.529.